The molecule has 0 aromatic heterocycles. The zero-order chi connectivity index (χ0) is 0. The van der Waals surface area contributed by atoms with Crippen molar-refractivity contribution in [3.8, 4) is 0 Å². The van der Waals surface area contributed by atoms with E-state index in [0.29, 0.717) is 0 Å². The van der Waals surface area contributed by atoms with Gasteiger partial charge in [0.1, 0.15) is 0 Å². The summed E-state index contributed by atoms with van der Waals surface area (Å²) >= 11 is 0. The summed E-state index contributed by atoms with van der Waals surface area (Å²) in [6.07, 6.45) is 0. The van der Waals surface area contributed by atoms with Crippen LogP contribution in [0.4, 0.5) is 0 Å². The van der Waals surface area contributed by atoms with Gasteiger partial charge in [-0.05, 0) is 0 Å². The molecule has 0 aliphatic heterocycles. The molecule has 6 heavy (non-hydrogen) atoms. The van der Waals surface area contributed by atoms with Crippen LogP contribution in [0.2, 0.25) is 0 Å². The molecule has 0 fully saturated rings. The van der Waals surface area contributed by atoms with E-state index in [4.69, 9.17) is 0 Å². The third-order valence-electron chi connectivity index (χ3n) is 0. The summed E-state index contributed by atoms with van der Waals surface area (Å²) < 4.78 is 0. The molecular formula is H11NaO4Sn. The number of hydrogen-bond donors (Lipinski definition) is 0. The first-order chi connectivity index (χ1) is 0. The Labute approximate surface area is 74.8 Å². The van der Waals surface area contributed by atoms with Gasteiger partial charge >= 0.3 is 53.5 Å². The molecule has 0 amide bonds. The summed E-state index contributed by atoms with van der Waals surface area (Å²) in [6.45, 7) is 0. The van der Waals surface area contributed by atoms with E-state index in [1.165, 1.54) is 0 Å². The Balaban J connectivity index is 0. The van der Waals surface area contributed by atoms with Gasteiger partial charge in [0.05, 0.1) is 0 Å². The first kappa shape index (κ1) is 125. The molecule has 0 aromatic carbocycles. The molecule has 2 radical (unpaired) electrons. The van der Waals surface area contributed by atoms with E-state index in [-0.39, 0.29) is 75.4 Å². The number of hydrogen-bond acceptors (Lipinski definition) is 0. The van der Waals surface area contributed by atoms with Crippen molar-refractivity contribution in [1.82, 2.24) is 0 Å². The van der Waals surface area contributed by atoms with Crippen LogP contribution in [0.3, 0.4) is 0 Å². The summed E-state index contributed by atoms with van der Waals surface area (Å²) in [4.78, 5) is 0. The van der Waals surface area contributed by atoms with Crippen LogP contribution in [-0.2, 0) is 0 Å². The second kappa shape index (κ2) is 78.6. The molecule has 0 aromatic rings. The second-order valence-electron chi connectivity index (χ2n) is 0. The van der Waals surface area contributed by atoms with E-state index in [2.05, 4.69) is 0 Å². The van der Waals surface area contributed by atoms with Crippen LogP contribution in [-0.4, -0.2) is 75.4 Å². The predicted octanol–water partition coefficient (Wildman–Crippen LogP) is -4.86. The molecular weight excluding hydrogens is 206 g/mol. The summed E-state index contributed by atoms with van der Waals surface area (Å²) in [7, 11) is 0. The quantitative estimate of drug-likeness (QED) is 0.360. The van der Waals surface area contributed by atoms with Gasteiger partial charge in [-0.15, -0.1) is 0 Å². The van der Waals surface area contributed by atoms with Gasteiger partial charge in [0, 0.05) is 0 Å². The molecule has 0 spiro atoms. The van der Waals surface area contributed by atoms with Crippen LogP contribution in [0.15, 0.2) is 0 Å². The topological polar surface area (TPSA) is 126 Å². The minimum absolute atomic E-state index is 0. The van der Waals surface area contributed by atoms with E-state index in [0.717, 1.165) is 0 Å². The molecule has 0 saturated heterocycles. The van der Waals surface area contributed by atoms with Crippen molar-refractivity contribution in [2.24, 2.45) is 0 Å². The fraction of sp³-hybridized carbons (Fsp3) is 0. The fourth-order valence-corrected chi connectivity index (χ4v) is 0. The molecule has 0 aliphatic rings. The van der Waals surface area contributed by atoms with Gasteiger partial charge in [-0.2, -0.15) is 0 Å². The maximum absolute atomic E-state index is 0. The molecule has 0 atom stereocenters. The van der Waals surface area contributed by atoms with Gasteiger partial charge in [0.2, 0.25) is 0 Å². The zero-order valence-corrected chi connectivity index (χ0v) is 6.74. The van der Waals surface area contributed by atoms with Crippen LogP contribution in [0.1, 0.15) is 0 Å². The molecule has 0 aliphatic carbocycles. The molecule has 0 unspecified atom stereocenters. The maximum atomic E-state index is 0. The summed E-state index contributed by atoms with van der Waals surface area (Å²) in [5.41, 5.74) is 0. The molecule has 0 saturated carbocycles. The first-order valence-electron chi connectivity index (χ1n) is 0. The average Bonchev–Trinajstić information content (AvgIpc) is 0. The monoisotopic (exact) mass is 218 g/mol. The standard InChI is InChI=1S/Na.4H2O.Sn.3H/h;4*1H2;;;;. The van der Waals surface area contributed by atoms with Crippen molar-refractivity contribution >= 4 is 53.5 Å². The Morgan fingerprint density at radius 3 is 0.500 bits per heavy atom. The van der Waals surface area contributed by atoms with Crippen LogP contribution < -0.4 is 0 Å². The first-order valence-corrected chi connectivity index (χ1v) is 0. The Hall–Kier alpha value is 1.64. The van der Waals surface area contributed by atoms with Gasteiger partial charge < -0.3 is 21.9 Å². The van der Waals surface area contributed by atoms with Crippen LogP contribution in [0.25, 0.3) is 0 Å². The van der Waals surface area contributed by atoms with Gasteiger partial charge in [0.15, 0.2) is 0 Å². The summed E-state index contributed by atoms with van der Waals surface area (Å²) in [6, 6.07) is 0. The second-order valence-corrected chi connectivity index (χ2v) is 0. The number of rotatable bonds is 0. The molecule has 8 N–H and O–H groups in total. The van der Waals surface area contributed by atoms with Gasteiger partial charge in [-0.1, -0.05) is 0 Å². The van der Waals surface area contributed by atoms with E-state index < -0.39 is 0 Å². The van der Waals surface area contributed by atoms with Crippen molar-refractivity contribution in [3.63, 3.8) is 0 Å². The van der Waals surface area contributed by atoms with E-state index in [1.807, 2.05) is 0 Å². The SMILES string of the molecule is O.O.O.O.[NaH].[SnH2]. The molecule has 40 valence electrons. The van der Waals surface area contributed by atoms with Gasteiger partial charge in [-0.25, -0.2) is 0 Å². The Morgan fingerprint density at radius 2 is 0.500 bits per heavy atom. The molecule has 0 bridgehead atoms. The van der Waals surface area contributed by atoms with E-state index in [1.54, 1.807) is 0 Å². The van der Waals surface area contributed by atoms with Crippen molar-refractivity contribution in [1.29, 1.82) is 0 Å². The van der Waals surface area contributed by atoms with Crippen LogP contribution in [0, 0.1) is 0 Å². The Morgan fingerprint density at radius 1 is 0.500 bits per heavy atom. The van der Waals surface area contributed by atoms with Gasteiger partial charge in [0.25, 0.3) is 0 Å². The van der Waals surface area contributed by atoms with E-state index >= 15 is 0 Å². The van der Waals surface area contributed by atoms with Crippen molar-refractivity contribution in [2.75, 3.05) is 0 Å². The van der Waals surface area contributed by atoms with Crippen LogP contribution in [0.5, 0.6) is 0 Å². The normalized spacial score (nSPS) is 0. The third kappa shape index (κ3) is 45.2. The minimum atomic E-state index is 0. The fourth-order valence-electron chi connectivity index (χ4n) is 0. The third-order valence-corrected chi connectivity index (χ3v) is 0. The molecule has 4 nitrogen and oxygen atoms in total. The van der Waals surface area contributed by atoms with Crippen molar-refractivity contribution in [3.05, 3.63) is 0 Å². The van der Waals surface area contributed by atoms with Crippen molar-refractivity contribution < 1.29 is 21.9 Å². The zero-order valence-electron chi connectivity index (χ0n) is 2.71. The molecule has 6 heteroatoms. The van der Waals surface area contributed by atoms with Gasteiger partial charge in [-0.3, -0.25) is 0 Å². The van der Waals surface area contributed by atoms with Crippen LogP contribution >= 0.6 is 0 Å². The Kier molecular flexibility index (Phi) is 1640. The van der Waals surface area contributed by atoms with Crippen molar-refractivity contribution in [2.45, 2.75) is 0 Å². The molecule has 0 rings (SSSR count). The predicted molar refractivity (Wildman–Crippen MR) is 30.1 cm³/mol. The average molecular weight is 217 g/mol. The Bertz CT molecular complexity index is 7.51. The summed E-state index contributed by atoms with van der Waals surface area (Å²) in [5, 5.41) is 0. The summed E-state index contributed by atoms with van der Waals surface area (Å²) in [5.74, 6) is 0. The van der Waals surface area contributed by atoms with E-state index in [9.17, 15) is 0 Å². The molecule has 0 heterocycles.